The number of ether oxygens (including phenoxy) is 1. The monoisotopic (exact) mass is 642 g/mol. The van der Waals surface area contributed by atoms with Crippen molar-refractivity contribution in [2.75, 3.05) is 32.7 Å². The average Bonchev–Trinajstić information content (AvgIpc) is 3.72. The lowest BCUT2D eigenvalue weighted by Gasteiger charge is -2.34. The topological polar surface area (TPSA) is 132 Å². The Morgan fingerprint density at radius 2 is 1.43 bits per heavy atom. The smallest absolute Gasteiger partial charge is 0.410 e. The normalized spacial score (nSPS) is 14.6. The van der Waals surface area contributed by atoms with Gasteiger partial charge in [0.05, 0.1) is 12.7 Å². The fourth-order valence-corrected chi connectivity index (χ4v) is 5.31. The number of nitrogens with zero attached hydrogens (tertiary/aromatic N) is 5. The van der Waals surface area contributed by atoms with E-state index in [1.807, 2.05) is 70.1 Å². The Labute approximate surface area is 278 Å². The summed E-state index contributed by atoms with van der Waals surface area (Å²) < 4.78 is 9.73. The zero-order valence-electron chi connectivity index (χ0n) is 28.0. The minimum absolute atomic E-state index is 0.108. The second-order valence-corrected chi connectivity index (χ2v) is 12.6. The molecule has 1 atom stereocenters. The second kappa shape index (κ2) is 18.0. The minimum Gasteiger partial charge on any atom is -0.444 e. The fourth-order valence-electron chi connectivity index (χ4n) is 5.31. The molecule has 11 nitrogen and oxygen atoms in total. The first kappa shape index (κ1) is 35.4. The van der Waals surface area contributed by atoms with Gasteiger partial charge in [0, 0.05) is 75.9 Å². The van der Waals surface area contributed by atoms with Crippen LogP contribution in [0, 0.1) is 0 Å². The van der Waals surface area contributed by atoms with Crippen molar-refractivity contribution >= 4 is 12.0 Å². The molecule has 1 aliphatic heterocycles. The van der Waals surface area contributed by atoms with Crippen LogP contribution in [0.25, 0.3) is 0 Å². The molecule has 0 unspecified atom stereocenters. The summed E-state index contributed by atoms with van der Waals surface area (Å²) in [6, 6.07) is 20.4. The molecule has 47 heavy (non-hydrogen) atoms. The number of hydrogen-bond acceptors (Lipinski definition) is 7. The Balaban J connectivity index is 0.000000261. The predicted molar refractivity (Wildman–Crippen MR) is 184 cm³/mol. The van der Waals surface area contributed by atoms with Gasteiger partial charge in [-0.05, 0) is 51.3 Å². The molecule has 0 bridgehead atoms. The summed E-state index contributed by atoms with van der Waals surface area (Å²) in [4.78, 5) is 34.9. The Morgan fingerprint density at radius 1 is 0.872 bits per heavy atom. The number of hydrogen-bond donors (Lipinski definition) is 3. The molecule has 3 heterocycles. The van der Waals surface area contributed by atoms with Gasteiger partial charge in [0.2, 0.25) is 5.91 Å². The molecule has 4 aromatic rings. The zero-order valence-corrected chi connectivity index (χ0v) is 28.0. The molecule has 1 saturated heterocycles. The van der Waals surface area contributed by atoms with Crippen LogP contribution in [0.5, 0.6) is 0 Å². The second-order valence-electron chi connectivity index (χ2n) is 12.6. The third-order valence-corrected chi connectivity index (χ3v) is 7.79. The van der Waals surface area contributed by atoms with Crippen molar-refractivity contribution in [2.24, 2.45) is 5.73 Å². The SMILES string of the molecule is CC(C)(C)OC(=O)N1CCN[C@@H](C(=O)NCCc2cncn2CCc2ccccc2)C1.NCCc1cncn1CCc1ccccc1. The highest BCUT2D eigenvalue weighted by Crippen LogP contribution is 2.12. The van der Waals surface area contributed by atoms with Crippen molar-refractivity contribution in [2.45, 2.75) is 71.2 Å². The molecular weight excluding hydrogens is 592 g/mol. The number of carbonyl (C=O) groups is 2. The molecule has 0 aliphatic carbocycles. The molecule has 252 valence electrons. The van der Waals surface area contributed by atoms with Crippen LogP contribution in [-0.2, 0) is 48.3 Å². The van der Waals surface area contributed by atoms with Gasteiger partial charge in [0.25, 0.3) is 0 Å². The highest BCUT2D eigenvalue weighted by molar-refractivity contribution is 5.83. The standard InChI is InChI=1S/C23H33N5O3.C13H17N3/c1-23(2,3)31-22(30)27-14-12-25-20(16-27)21(29)26-11-9-19-15-24-17-28(19)13-10-18-7-5-4-6-8-18;14-8-6-13-10-15-11-16(13)9-7-12-4-2-1-3-5-12/h4-8,15,17,20,25H,9-14,16H2,1-3H3,(H,26,29);1-5,10-11H,6-9,14H2/t20-;/m1./s1. The number of nitrogens with one attached hydrogen (secondary N) is 2. The Kier molecular flexibility index (Phi) is 13.6. The summed E-state index contributed by atoms with van der Waals surface area (Å²) in [5.41, 5.74) is 9.95. The number of aromatic nitrogens is 4. The molecule has 1 fully saturated rings. The highest BCUT2D eigenvalue weighted by Gasteiger charge is 2.30. The Morgan fingerprint density at radius 3 is 1.96 bits per heavy atom. The summed E-state index contributed by atoms with van der Waals surface area (Å²) in [5.74, 6) is -0.108. The Hall–Kier alpha value is -4.48. The molecule has 0 radical (unpaired) electrons. The predicted octanol–water partition coefficient (Wildman–Crippen LogP) is 3.62. The van der Waals surface area contributed by atoms with Gasteiger partial charge in [-0.15, -0.1) is 0 Å². The molecule has 11 heteroatoms. The minimum atomic E-state index is -0.552. The largest absolute Gasteiger partial charge is 0.444 e. The summed E-state index contributed by atoms with van der Waals surface area (Å²) >= 11 is 0. The van der Waals surface area contributed by atoms with E-state index in [0.29, 0.717) is 39.1 Å². The van der Waals surface area contributed by atoms with Gasteiger partial charge < -0.3 is 35.1 Å². The van der Waals surface area contributed by atoms with Gasteiger partial charge >= 0.3 is 6.09 Å². The van der Waals surface area contributed by atoms with Crippen LogP contribution in [0.1, 0.15) is 43.3 Å². The summed E-state index contributed by atoms with van der Waals surface area (Å²) in [6.45, 7) is 9.91. The number of imidazole rings is 2. The number of amides is 2. The third-order valence-electron chi connectivity index (χ3n) is 7.79. The van der Waals surface area contributed by atoms with Crippen LogP contribution in [-0.4, -0.2) is 80.4 Å². The number of rotatable bonds is 12. The molecule has 0 saturated carbocycles. The van der Waals surface area contributed by atoms with E-state index in [2.05, 4.69) is 66.1 Å². The number of carbonyl (C=O) groups excluding carboxylic acids is 2. The van der Waals surface area contributed by atoms with E-state index in [1.165, 1.54) is 16.8 Å². The number of benzene rings is 2. The fraction of sp³-hybridized carbons (Fsp3) is 0.444. The highest BCUT2D eigenvalue weighted by atomic mass is 16.6. The van der Waals surface area contributed by atoms with Gasteiger partial charge in [0.15, 0.2) is 0 Å². The zero-order chi connectivity index (χ0) is 33.5. The van der Waals surface area contributed by atoms with Gasteiger partial charge in [-0.25, -0.2) is 14.8 Å². The van der Waals surface area contributed by atoms with Gasteiger partial charge in [-0.2, -0.15) is 0 Å². The third kappa shape index (κ3) is 12.0. The summed E-state index contributed by atoms with van der Waals surface area (Å²) in [6.07, 6.45) is 10.7. The molecular formula is C36H50N8O3. The van der Waals surface area contributed by atoms with Crippen molar-refractivity contribution in [1.82, 2.24) is 34.6 Å². The lowest BCUT2D eigenvalue weighted by Crippen LogP contribution is -2.59. The van der Waals surface area contributed by atoms with E-state index in [9.17, 15) is 9.59 Å². The van der Waals surface area contributed by atoms with Crippen LogP contribution in [0.4, 0.5) is 4.79 Å². The summed E-state index contributed by atoms with van der Waals surface area (Å²) in [7, 11) is 0. The van der Waals surface area contributed by atoms with Crippen molar-refractivity contribution in [1.29, 1.82) is 0 Å². The number of nitrogens with two attached hydrogens (primary N) is 1. The Bertz CT molecular complexity index is 1500. The van der Waals surface area contributed by atoms with E-state index in [-0.39, 0.29) is 12.0 Å². The number of piperazine rings is 1. The van der Waals surface area contributed by atoms with Crippen LogP contribution in [0.15, 0.2) is 85.7 Å². The molecule has 2 amide bonds. The van der Waals surface area contributed by atoms with E-state index >= 15 is 0 Å². The number of aryl methyl sites for hydroxylation is 4. The van der Waals surface area contributed by atoms with E-state index in [4.69, 9.17) is 10.5 Å². The summed E-state index contributed by atoms with van der Waals surface area (Å²) in [5, 5.41) is 6.16. The van der Waals surface area contributed by atoms with Gasteiger partial charge in [-0.1, -0.05) is 60.7 Å². The average molecular weight is 643 g/mol. The maximum atomic E-state index is 12.6. The maximum absolute atomic E-state index is 12.6. The van der Waals surface area contributed by atoms with E-state index in [0.717, 1.165) is 38.0 Å². The van der Waals surface area contributed by atoms with E-state index < -0.39 is 11.6 Å². The molecule has 2 aromatic heterocycles. The first-order valence-corrected chi connectivity index (χ1v) is 16.5. The van der Waals surface area contributed by atoms with Gasteiger partial charge in [-0.3, -0.25) is 4.79 Å². The lowest BCUT2D eigenvalue weighted by molar-refractivity contribution is -0.124. The van der Waals surface area contributed by atoms with Crippen LogP contribution >= 0.6 is 0 Å². The molecule has 1 aliphatic rings. The molecule has 4 N–H and O–H groups in total. The van der Waals surface area contributed by atoms with Crippen molar-refractivity contribution < 1.29 is 14.3 Å². The van der Waals surface area contributed by atoms with Crippen LogP contribution in [0.3, 0.4) is 0 Å². The van der Waals surface area contributed by atoms with Crippen LogP contribution in [0.2, 0.25) is 0 Å². The molecule has 5 rings (SSSR count). The molecule has 0 spiro atoms. The van der Waals surface area contributed by atoms with Crippen molar-refractivity contribution in [3.05, 3.63) is 108 Å². The van der Waals surface area contributed by atoms with Crippen molar-refractivity contribution in [3.63, 3.8) is 0 Å². The van der Waals surface area contributed by atoms with Crippen molar-refractivity contribution in [3.8, 4) is 0 Å². The van der Waals surface area contributed by atoms with Crippen LogP contribution < -0.4 is 16.4 Å². The maximum Gasteiger partial charge on any atom is 0.410 e. The van der Waals surface area contributed by atoms with E-state index in [1.54, 1.807) is 4.90 Å². The van der Waals surface area contributed by atoms with Gasteiger partial charge in [0.1, 0.15) is 11.6 Å². The first-order chi connectivity index (χ1) is 22.7. The lowest BCUT2D eigenvalue weighted by atomic mass is 10.1. The first-order valence-electron chi connectivity index (χ1n) is 16.5. The quantitative estimate of drug-likeness (QED) is 0.215. The molecule has 2 aromatic carbocycles.